The number of nitrogens with two attached hydrogens (primary N) is 1. The maximum Gasteiger partial charge on any atom is 0.0502 e. The fourth-order valence-corrected chi connectivity index (χ4v) is 3.69. The third-order valence-corrected chi connectivity index (χ3v) is 4.30. The van der Waals surface area contributed by atoms with Crippen LogP contribution >= 0.6 is 45.5 Å². The van der Waals surface area contributed by atoms with Crippen molar-refractivity contribution in [2.45, 2.75) is 5.88 Å². The molecule has 2 rings (SSSR count). The summed E-state index contributed by atoms with van der Waals surface area (Å²) in [6.07, 6.45) is 0. The van der Waals surface area contributed by atoms with Crippen LogP contribution in [0.15, 0.2) is 17.5 Å². The van der Waals surface area contributed by atoms with E-state index in [0.29, 0.717) is 5.88 Å². The van der Waals surface area contributed by atoms with Crippen molar-refractivity contribution in [2.75, 3.05) is 5.73 Å². The quantitative estimate of drug-likeness (QED) is 0.626. The molecule has 0 amide bonds. The number of thiophene rings is 1. The predicted molar refractivity (Wildman–Crippen MR) is 68.5 cm³/mol. The molecule has 0 spiro atoms. The molecule has 2 N–H and O–H groups in total. The largest absolute Gasteiger partial charge is 0.398 e. The Hall–Kier alpha value is -0.0000000000000000555. The summed E-state index contributed by atoms with van der Waals surface area (Å²) in [6.45, 7) is 0. The van der Waals surface area contributed by atoms with E-state index < -0.39 is 0 Å². The number of rotatable bonds is 1. The van der Waals surface area contributed by atoms with E-state index in [2.05, 4.69) is 34.7 Å². The molecule has 68 valence electrons. The zero-order valence-corrected chi connectivity index (χ0v) is 10.4. The number of halogens is 2. The SMILES string of the molecule is Nc1csc2c(CCl)c(I)ccc12. The highest BCUT2D eigenvalue weighted by atomic mass is 127. The van der Waals surface area contributed by atoms with Gasteiger partial charge in [0.15, 0.2) is 0 Å². The van der Waals surface area contributed by atoms with E-state index >= 15 is 0 Å². The molecule has 4 heteroatoms. The van der Waals surface area contributed by atoms with Crippen molar-refractivity contribution < 1.29 is 0 Å². The summed E-state index contributed by atoms with van der Waals surface area (Å²) in [7, 11) is 0. The van der Waals surface area contributed by atoms with Crippen molar-refractivity contribution in [3.8, 4) is 0 Å². The summed E-state index contributed by atoms with van der Waals surface area (Å²) in [4.78, 5) is 0. The van der Waals surface area contributed by atoms with Crippen LogP contribution in [0, 0.1) is 3.57 Å². The third kappa shape index (κ3) is 1.53. The van der Waals surface area contributed by atoms with Gasteiger partial charge in [-0.05, 0) is 34.2 Å². The number of anilines is 1. The van der Waals surface area contributed by atoms with Crippen LogP contribution in [0.5, 0.6) is 0 Å². The normalized spacial score (nSPS) is 10.9. The molecule has 1 aromatic carbocycles. The maximum absolute atomic E-state index is 5.88. The number of hydrogen-bond donors (Lipinski definition) is 1. The van der Waals surface area contributed by atoms with E-state index in [1.807, 2.05) is 5.38 Å². The Morgan fingerprint density at radius 1 is 1.46 bits per heavy atom. The first-order chi connectivity index (χ1) is 6.24. The van der Waals surface area contributed by atoms with E-state index in [9.17, 15) is 0 Å². The summed E-state index contributed by atoms with van der Waals surface area (Å²) in [5.74, 6) is 0.551. The standard InChI is InChI=1S/C9H7ClINS/c10-3-6-7(11)2-1-5-8(12)4-13-9(5)6/h1-2,4H,3,12H2. The fraction of sp³-hybridized carbons (Fsp3) is 0.111. The molecule has 0 aliphatic heterocycles. The number of hydrogen-bond acceptors (Lipinski definition) is 2. The van der Waals surface area contributed by atoms with Gasteiger partial charge in [0.2, 0.25) is 0 Å². The van der Waals surface area contributed by atoms with Gasteiger partial charge in [-0.2, -0.15) is 0 Å². The van der Waals surface area contributed by atoms with Crippen LogP contribution in [0.3, 0.4) is 0 Å². The highest BCUT2D eigenvalue weighted by molar-refractivity contribution is 14.1. The van der Waals surface area contributed by atoms with Gasteiger partial charge < -0.3 is 5.73 Å². The molecular formula is C9H7ClINS. The number of alkyl halides is 1. The van der Waals surface area contributed by atoms with Gasteiger partial charge in [-0.25, -0.2) is 0 Å². The van der Waals surface area contributed by atoms with Crippen molar-refractivity contribution in [3.05, 3.63) is 26.6 Å². The van der Waals surface area contributed by atoms with Crippen LogP contribution in [0.1, 0.15) is 5.56 Å². The van der Waals surface area contributed by atoms with Gasteiger partial charge in [0, 0.05) is 24.9 Å². The molecular weight excluding hydrogens is 317 g/mol. The van der Waals surface area contributed by atoms with Crippen molar-refractivity contribution in [1.82, 2.24) is 0 Å². The first kappa shape index (κ1) is 9.55. The summed E-state index contributed by atoms with van der Waals surface area (Å²) < 4.78 is 2.43. The summed E-state index contributed by atoms with van der Waals surface area (Å²) in [5.41, 5.74) is 7.86. The molecule has 1 aromatic heterocycles. The first-order valence-corrected chi connectivity index (χ1v) is 6.23. The van der Waals surface area contributed by atoms with Gasteiger partial charge in [-0.3, -0.25) is 0 Å². The van der Waals surface area contributed by atoms with Gasteiger partial charge in [-0.1, -0.05) is 6.07 Å². The Bertz CT molecular complexity index is 452. The molecule has 0 bridgehead atoms. The molecule has 0 atom stereocenters. The number of nitrogen functional groups attached to an aromatic ring is 1. The van der Waals surface area contributed by atoms with E-state index in [1.54, 1.807) is 11.3 Å². The zero-order chi connectivity index (χ0) is 9.42. The van der Waals surface area contributed by atoms with E-state index in [1.165, 1.54) is 13.8 Å². The number of benzene rings is 1. The van der Waals surface area contributed by atoms with E-state index in [0.717, 1.165) is 11.1 Å². The highest BCUT2D eigenvalue weighted by Gasteiger charge is 2.08. The lowest BCUT2D eigenvalue weighted by molar-refractivity contribution is 1.43. The Labute approximate surface area is 99.0 Å². The van der Waals surface area contributed by atoms with E-state index in [4.69, 9.17) is 17.3 Å². The summed E-state index contributed by atoms with van der Waals surface area (Å²) >= 11 is 9.85. The van der Waals surface area contributed by atoms with Crippen molar-refractivity contribution in [1.29, 1.82) is 0 Å². The van der Waals surface area contributed by atoms with Gasteiger partial charge in [0.05, 0.1) is 5.69 Å². The Balaban J connectivity index is 2.85. The molecule has 1 nitrogen and oxygen atoms in total. The molecule has 2 aromatic rings. The molecule has 0 radical (unpaired) electrons. The minimum Gasteiger partial charge on any atom is -0.398 e. The van der Waals surface area contributed by atoms with Crippen LogP contribution < -0.4 is 5.73 Å². The molecule has 13 heavy (non-hydrogen) atoms. The highest BCUT2D eigenvalue weighted by Crippen LogP contribution is 2.33. The van der Waals surface area contributed by atoms with Crippen LogP contribution in [0.2, 0.25) is 0 Å². The van der Waals surface area contributed by atoms with Crippen LogP contribution in [0.4, 0.5) is 5.69 Å². The Morgan fingerprint density at radius 2 is 2.23 bits per heavy atom. The molecule has 0 aliphatic rings. The fourth-order valence-electron chi connectivity index (χ4n) is 1.28. The molecule has 0 saturated heterocycles. The van der Waals surface area contributed by atoms with Crippen LogP contribution in [-0.2, 0) is 5.88 Å². The maximum atomic E-state index is 5.88. The van der Waals surface area contributed by atoms with Crippen molar-refractivity contribution in [2.24, 2.45) is 0 Å². The molecule has 1 heterocycles. The van der Waals surface area contributed by atoms with Gasteiger partial charge in [-0.15, -0.1) is 22.9 Å². The zero-order valence-electron chi connectivity index (χ0n) is 6.68. The lowest BCUT2D eigenvalue weighted by Crippen LogP contribution is -1.86. The topological polar surface area (TPSA) is 26.0 Å². The molecule has 0 saturated carbocycles. The smallest absolute Gasteiger partial charge is 0.0502 e. The predicted octanol–water partition coefficient (Wildman–Crippen LogP) is 3.83. The third-order valence-electron chi connectivity index (χ3n) is 1.95. The Kier molecular flexibility index (Phi) is 2.67. The van der Waals surface area contributed by atoms with Crippen molar-refractivity contribution in [3.63, 3.8) is 0 Å². The second kappa shape index (κ2) is 3.63. The van der Waals surface area contributed by atoms with Crippen LogP contribution in [-0.4, -0.2) is 0 Å². The molecule has 0 unspecified atom stereocenters. The molecule has 0 fully saturated rings. The second-order valence-corrected chi connectivity index (χ2v) is 5.04. The Morgan fingerprint density at radius 3 is 2.92 bits per heavy atom. The monoisotopic (exact) mass is 323 g/mol. The summed E-state index contributed by atoms with van der Waals surface area (Å²) in [6, 6.07) is 4.11. The van der Waals surface area contributed by atoms with E-state index in [-0.39, 0.29) is 0 Å². The minimum absolute atomic E-state index is 0.551. The summed E-state index contributed by atoms with van der Waals surface area (Å²) in [5, 5.41) is 3.10. The second-order valence-electron chi connectivity index (χ2n) is 2.73. The number of fused-ring (bicyclic) bond motifs is 1. The minimum atomic E-state index is 0.551. The van der Waals surface area contributed by atoms with Gasteiger partial charge in [0.1, 0.15) is 0 Å². The van der Waals surface area contributed by atoms with Gasteiger partial charge in [0.25, 0.3) is 0 Å². The van der Waals surface area contributed by atoms with Crippen LogP contribution in [0.25, 0.3) is 10.1 Å². The van der Waals surface area contributed by atoms with Crippen molar-refractivity contribution >= 4 is 61.3 Å². The van der Waals surface area contributed by atoms with Gasteiger partial charge >= 0.3 is 0 Å². The average molecular weight is 324 g/mol. The average Bonchev–Trinajstić information content (AvgIpc) is 2.48. The first-order valence-electron chi connectivity index (χ1n) is 3.74. The molecule has 0 aliphatic carbocycles. The lowest BCUT2D eigenvalue weighted by atomic mass is 10.2. The lowest BCUT2D eigenvalue weighted by Gasteiger charge is -2.01.